The fourth-order valence-electron chi connectivity index (χ4n) is 5.82. The fourth-order valence-corrected chi connectivity index (χ4v) is 5.82. The van der Waals surface area contributed by atoms with E-state index in [2.05, 4.69) is 37.2 Å². The van der Waals surface area contributed by atoms with Crippen LogP contribution in [0.2, 0.25) is 0 Å². The highest BCUT2D eigenvalue weighted by Gasteiger charge is 2.44. The summed E-state index contributed by atoms with van der Waals surface area (Å²) in [4.78, 5) is 43.1. The Morgan fingerprint density at radius 2 is 1.76 bits per heavy atom. The molecule has 49 heavy (non-hydrogen) atoms. The summed E-state index contributed by atoms with van der Waals surface area (Å²) in [6.07, 6.45) is -0.339. The van der Waals surface area contributed by atoms with Crippen LogP contribution in [-0.4, -0.2) is 88.2 Å². The maximum Gasteiger partial charge on any atom is 0.490 e. The SMILES string of the molecule is C=C(F)C(=O)N1C2CCC1CN(c1ncc3ncnc(Nc4ccc(Oc5ccc6c(c5)nnn6C)c(C)c4)c3n1)C2.O=C(O)C(F)(F)F. The number of carbonyl (C=O) groups excluding carboxylic acids is 1. The normalized spacial score (nSPS) is 17.1. The first-order chi connectivity index (χ1) is 23.3. The predicted molar refractivity (Wildman–Crippen MR) is 168 cm³/mol. The Balaban J connectivity index is 0.000000540. The van der Waals surface area contributed by atoms with Crippen molar-refractivity contribution < 1.29 is 37.0 Å². The molecule has 14 nitrogen and oxygen atoms in total. The van der Waals surface area contributed by atoms with E-state index in [1.807, 2.05) is 55.3 Å². The van der Waals surface area contributed by atoms with Crippen molar-refractivity contribution in [1.82, 2.24) is 39.8 Å². The Labute approximate surface area is 275 Å². The molecule has 3 aromatic heterocycles. The van der Waals surface area contributed by atoms with Crippen molar-refractivity contribution in [3.63, 3.8) is 0 Å². The zero-order valence-electron chi connectivity index (χ0n) is 26.0. The van der Waals surface area contributed by atoms with E-state index in [-0.39, 0.29) is 12.1 Å². The molecule has 2 unspecified atom stereocenters. The van der Waals surface area contributed by atoms with Crippen LogP contribution in [0.5, 0.6) is 11.5 Å². The molecule has 18 heteroatoms. The van der Waals surface area contributed by atoms with Crippen LogP contribution >= 0.6 is 0 Å². The van der Waals surface area contributed by atoms with Gasteiger partial charge in [0.15, 0.2) is 11.6 Å². The monoisotopic (exact) mass is 680 g/mol. The molecular formula is C31H28F4N10O4. The van der Waals surface area contributed by atoms with Gasteiger partial charge in [-0.05, 0) is 55.7 Å². The number of ether oxygens (including phenoxy) is 1. The average molecular weight is 681 g/mol. The number of nitrogens with zero attached hydrogens (tertiary/aromatic N) is 9. The zero-order valence-corrected chi connectivity index (χ0v) is 26.0. The largest absolute Gasteiger partial charge is 0.490 e. The van der Waals surface area contributed by atoms with Gasteiger partial charge in [0.05, 0.1) is 23.8 Å². The maximum atomic E-state index is 13.6. The summed E-state index contributed by atoms with van der Waals surface area (Å²) in [5, 5.41) is 18.7. The summed E-state index contributed by atoms with van der Waals surface area (Å²) in [5.74, 6) is -1.87. The highest BCUT2D eigenvalue weighted by Crippen LogP contribution is 2.34. The topological polar surface area (TPSA) is 164 Å². The number of piperazine rings is 1. The van der Waals surface area contributed by atoms with Crippen molar-refractivity contribution >= 4 is 51.4 Å². The van der Waals surface area contributed by atoms with Crippen molar-refractivity contribution in [2.75, 3.05) is 23.3 Å². The van der Waals surface area contributed by atoms with E-state index in [4.69, 9.17) is 19.6 Å². The number of amides is 1. The maximum absolute atomic E-state index is 13.6. The van der Waals surface area contributed by atoms with Gasteiger partial charge < -0.3 is 25.0 Å². The third-order valence-corrected chi connectivity index (χ3v) is 8.09. The molecule has 0 saturated carbocycles. The number of hydrogen-bond acceptors (Lipinski definition) is 11. The number of rotatable bonds is 6. The van der Waals surface area contributed by atoms with Crippen LogP contribution in [0, 0.1) is 6.92 Å². The molecule has 2 aromatic carbocycles. The lowest BCUT2D eigenvalue weighted by Gasteiger charge is -2.40. The molecule has 2 bridgehead atoms. The fraction of sp³-hybridized carbons (Fsp3) is 0.290. The number of halogens is 4. The van der Waals surface area contributed by atoms with Gasteiger partial charge in [0.25, 0.3) is 5.91 Å². The first-order valence-electron chi connectivity index (χ1n) is 14.8. The molecule has 2 N–H and O–H groups in total. The molecule has 2 aliphatic rings. The van der Waals surface area contributed by atoms with E-state index in [0.717, 1.165) is 35.1 Å². The lowest BCUT2D eigenvalue weighted by Crippen LogP contribution is -2.56. The summed E-state index contributed by atoms with van der Waals surface area (Å²) >= 11 is 0. The molecule has 2 saturated heterocycles. The van der Waals surface area contributed by atoms with Crippen LogP contribution in [-0.2, 0) is 16.6 Å². The molecule has 2 aliphatic heterocycles. The number of hydrogen-bond donors (Lipinski definition) is 2. The highest BCUT2D eigenvalue weighted by atomic mass is 19.4. The number of aromatic nitrogens is 7. The number of nitrogens with one attached hydrogen (secondary N) is 1. The van der Waals surface area contributed by atoms with Crippen LogP contribution in [0.25, 0.3) is 22.1 Å². The van der Waals surface area contributed by atoms with E-state index in [0.29, 0.717) is 47.4 Å². The van der Waals surface area contributed by atoms with Crippen LogP contribution in [0.15, 0.2) is 61.3 Å². The Hall–Kier alpha value is -5.94. The van der Waals surface area contributed by atoms with Gasteiger partial charge in [-0.25, -0.2) is 33.8 Å². The number of alkyl halides is 3. The summed E-state index contributed by atoms with van der Waals surface area (Å²) in [5.41, 5.74) is 4.58. The molecule has 0 spiro atoms. The Kier molecular flexibility index (Phi) is 8.70. The van der Waals surface area contributed by atoms with Crippen molar-refractivity contribution in [3.8, 4) is 11.5 Å². The lowest BCUT2D eigenvalue weighted by molar-refractivity contribution is -0.192. The number of carbonyl (C=O) groups is 2. The second-order valence-electron chi connectivity index (χ2n) is 11.4. The molecular weight excluding hydrogens is 652 g/mol. The van der Waals surface area contributed by atoms with Gasteiger partial charge in [-0.2, -0.15) is 13.2 Å². The van der Waals surface area contributed by atoms with Crippen LogP contribution in [0.1, 0.15) is 18.4 Å². The number of carboxylic acids is 1. The van der Waals surface area contributed by atoms with Crippen molar-refractivity contribution in [3.05, 3.63) is 66.9 Å². The summed E-state index contributed by atoms with van der Waals surface area (Å²) < 4.78 is 53.2. The van der Waals surface area contributed by atoms with E-state index < -0.39 is 23.9 Å². The minimum Gasteiger partial charge on any atom is -0.475 e. The minimum absolute atomic E-state index is 0.112. The zero-order chi connectivity index (χ0) is 35.0. The molecule has 5 aromatic rings. The Morgan fingerprint density at radius 1 is 1.04 bits per heavy atom. The van der Waals surface area contributed by atoms with Gasteiger partial charge in [0.1, 0.15) is 34.4 Å². The standard InChI is InChI=1S/C29H27FN10O2.C2HF3O2/c1-16-10-18(4-9-25(16)42-21-7-8-24-22(11-21)36-37-38(24)3)34-27-26-23(32-15-33-27)12-31-29(35-26)39-13-19-5-6-20(14-39)40(19)28(41)17(2)30;3-2(4,5)1(6)7/h4,7-12,15,19-20H,2,5-6,13-14H2,1,3H3,(H,32,33,34);(H,6,7). The molecule has 7 rings (SSSR count). The first-order valence-corrected chi connectivity index (χ1v) is 14.8. The number of benzene rings is 2. The van der Waals surface area contributed by atoms with Crippen molar-refractivity contribution in [2.45, 2.75) is 38.0 Å². The number of aliphatic carboxylic acids is 1. The molecule has 254 valence electrons. The Bertz CT molecular complexity index is 2080. The molecule has 5 heterocycles. The van der Waals surface area contributed by atoms with Crippen molar-refractivity contribution in [2.24, 2.45) is 7.05 Å². The van der Waals surface area contributed by atoms with Gasteiger partial charge in [-0.15, -0.1) is 5.10 Å². The van der Waals surface area contributed by atoms with E-state index in [1.54, 1.807) is 15.8 Å². The molecule has 0 aliphatic carbocycles. The minimum atomic E-state index is -5.08. The summed E-state index contributed by atoms with van der Waals surface area (Å²) in [7, 11) is 1.85. The van der Waals surface area contributed by atoms with Crippen molar-refractivity contribution in [1.29, 1.82) is 0 Å². The lowest BCUT2D eigenvalue weighted by atomic mass is 10.2. The van der Waals surface area contributed by atoms with Gasteiger partial charge >= 0.3 is 12.1 Å². The molecule has 2 atom stereocenters. The first kappa shape index (κ1) is 33.0. The number of anilines is 3. The summed E-state index contributed by atoms with van der Waals surface area (Å²) in [6, 6.07) is 11.2. The number of carboxylic acid groups (broad SMARTS) is 1. The molecule has 1 amide bonds. The number of aryl methyl sites for hydroxylation is 2. The van der Waals surface area contributed by atoms with Crippen LogP contribution in [0.3, 0.4) is 0 Å². The van der Waals surface area contributed by atoms with Gasteiger partial charge in [0.2, 0.25) is 5.95 Å². The second-order valence-corrected chi connectivity index (χ2v) is 11.4. The van der Waals surface area contributed by atoms with Crippen LogP contribution < -0.4 is 15.0 Å². The van der Waals surface area contributed by atoms with E-state index >= 15 is 0 Å². The third kappa shape index (κ3) is 6.88. The van der Waals surface area contributed by atoms with E-state index in [9.17, 15) is 22.4 Å². The number of fused-ring (bicyclic) bond motifs is 4. The predicted octanol–water partition coefficient (Wildman–Crippen LogP) is 4.84. The quantitative estimate of drug-likeness (QED) is 0.186. The highest BCUT2D eigenvalue weighted by molar-refractivity contribution is 5.91. The smallest absolute Gasteiger partial charge is 0.475 e. The third-order valence-electron chi connectivity index (χ3n) is 8.09. The van der Waals surface area contributed by atoms with Gasteiger partial charge in [-0.1, -0.05) is 11.8 Å². The van der Waals surface area contributed by atoms with Gasteiger partial charge in [0, 0.05) is 31.9 Å². The van der Waals surface area contributed by atoms with Gasteiger partial charge in [-0.3, -0.25) is 4.79 Å². The average Bonchev–Trinajstić information content (AvgIpc) is 3.55. The molecule has 0 radical (unpaired) electrons. The molecule has 2 fully saturated rings. The van der Waals surface area contributed by atoms with Crippen LogP contribution in [0.4, 0.5) is 35.0 Å². The second kappa shape index (κ2) is 12.9. The Morgan fingerprint density at radius 3 is 2.41 bits per heavy atom. The summed E-state index contributed by atoms with van der Waals surface area (Å²) in [6.45, 7) is 6.19. The van der Waals surface area contributed by atoms with E-state index in [1.165, 1.54) is 6.33 Å².